The van der Waals surface area contributed by atoms with Crippen molar-refractivity contribution in [3.8, 4) is 0 Å². The van der Waals surface area contributed by atoms with Crippen LogP contribution < -0.4 is 10.6 Å². The van der Waals surface area contributed by atoms with Gasteiger partial charge < -0.3 is 10.6 Å². The van der Waals surface area contributed by atoms with E-state index in [-0.39, 0.29) is 0 Å². The lowest BCUT2D eigenvalue weighted by Crippen LogP contribution is -2.31. The maximum absolute atomic E-state index is 5.93. The summed E-state index contributed by atoms with van der Waals surface area (Å²) in [6, 6.07) is 0. The van der Waals surface area contributed by atoms with Gasteiger partial charge in [-0.3, -0.25) is 0 Å². The van der Waals surface area contributed by atoms with Crippen LogP contribution in [0.25, 0.3) is 0 Å². The van der Waals surface area contributed by atoms with Crippen molar-refractivity contribution in [2.45, 2.75) is 39.5 Å². The molecule has 2 rings (SSSR count). The van der Waals surface area contributed by atoms with Gasteiger partial charge in [-0.1, -0.05) is 6.92 Å². The Labute approximate surface area is 96.9 Å². The van der Waals surface area contributed by atoms with Gasteiger partial charge in [0.2, 0.25) is 0 Å². The minimum absolute atomic E-state index is 0.632. The maximum Gasteiger partial charge on any atom is 0.137 e. The molecule has 16 heavy (non-hydrogen) atoms. The number of aryl methyl sites for hydroxylation is 1. The number of nitrogen functional groups attached to an aromatic ring is 1. The van der Waals surface area contributed by atoms with E-state index in [9.17, 15) is 0 Å². The van der Waals surface area contributed by atoms with E-state index >= 15 is 0 Å². The number of aromatic nitrogens is 2. The third kappa shape index (κ3) is 2.10. The van der Waals surface area contributed by atoms with Crippen LogP contribution in [0.4, 0.5) is 11.6 Å². The fraction of sp³-hybridized carbons (Fsp3) is 0.667. The Balaban J connectivity index is 2.33. The van der Waals surface area contributed by atoms with Crippen molar-refractivity contribution in [1.29, 1.82) is 0 Å². The van der Waals surface area contributed by atoms with Crippen LogP contribution in [0.1, 0.15) is 37.6 Å². The third-order valence-electron chi connectivity index (χ3n) is 3.18. The summed E-state index contributed by atoms with van der Waals surface area (Å²) in [5.41, 5.74) is 6.95. The van der Waals surface area contributed by atoms with Gasteiger partial charge in [-0.05, 0) is 26.2 Å². The number of piperidine rings is 1. The van der Waals surface area contributed by atoms with Gasteiger partial charge in [0, 0.05) is 25.1 Å². The zero-order valence-electron chi connectivity index (χ0n) is 10.2. The largest absolute Gasteiger partial charge is 0.383 e. The molecule has 0 spiro atoms. The predicted molar refractivity (Wildman–Crippen MR) is 66.6 cm³/mol. The van der Waals surface area contributed by atoms with E-state index in [1.807, 2.05) is 6.92 Å². The molecule has 1 aliphatic heterocycles. The molecule has 0 aromatic carbocycles. The normalized spacial score (nSPS) is 16.5. The minimum Gasteiger partial charge on any atom is -0.383 e. The summed E-state index contributed by atoms with van der Waals surface area (Å²) in [7, 11) is 0. The Kier molecular flexibility index (Phi) is 3.27. The average molecular weight is 220 g/mol. The molecule has 0 saturated carbocycles. The Morgan fingerprint density at radius 2 is 1.88 bits per heavy atom. The lowest BCUT2D eigenvalue weighted by molar-refractivity contribution is 0.571. The fourth-order valence-electron chi connectivity index (χ4n) is 2.14. The van der Waals surface area contributed by atoms with Gasteiger partial charge in [0.05, 0.1) is 0 Å². The molecular weight excluding hydrogens is 200 g/mol. The molecule has 2 heterocycles. The molecule has 4 heteroatoms. The van der Waals surface area contributed by atoms with Crippen LogP contribution in [-0.2, 0) is 6.42 Å². The number of rotatable bonds is 2. The third-order valence-corrected chi connectivity index (χ3v) is 3.18. The second-order valence-electron chi connectivity index (χ2n) is 4.37. The topological polar surface area (TPSA) is 55.0 Å². The lowest BCUT2D eigenvalue weighted by atomic mass is 10.1. The predicted octanol–water partition coefficient (Wildman–Crippen LogP) is 1.92. The molecule has 0 aliphatic carbocycles. The lowest BCUT2D eigenvalue weighted by Gasteiger charge is -2.29. The van der Waals surface area contributed by atoms with E-state index in [0.29, 0.717) is 5.82 Å². The van der Waals surface area contributed by atoms with Gasteiger partial charge in [0.25, 0.3) is 0 Å². The number of hydrogen-bond acceptors (Lipinski definition) is 4. The van der Waals surface area contributed by atoms with Gasteiger partial charge in [-0.15, -0.1) is 0 Å². The summed E-state index contributed by atoms with van der Waals surface area (Å²) in [5, 5.41) is 0. The van der Waals surface area contributed by atoms with E-state index < -0.39 is 0 Å². The van der Waals surface area contributed by atoms with Gasteiger partial charge >= 0.3 is 0 Å². The molecular formula is C12H20N4. The second kappa shape index (κ2) is 4.68. The van der Waals surface area contributed by atoms with Crippen molar-refractivity contribution in [3.05, 3.63) is 11.4 Å². The van der Waals surface area contributed by atoms with Crippen molar-refractivity contribution in [3.63, 3.8) is 0 Å². The first-order chi connectivity index (χ1) is 7.72. The van der Waals surface area contributed by atoms with Crippen molar-refractivity contribution < 1.29 is 0 Å². The summed E-state index contributed by atoms with van der Waals surface area (Å²) < 4.78 is 0. The molecule has 1 aromatic rings. The Morgan fingerprint density at radius 3 is 2.50 bits per heavy atom. The highest BCUT2D eigenvalue weighted by atomic mass is 15.2. The Morgan fingerprint density at radius 1 is 1.19 bits per heavy atom. The summed E-state index contributed by atoms with van der Waals surface area (Å²) in [6.45, 7) is 6.27. The smallest absolute Gasteiger partial charge is 0.137 e. The molecule has 0 atom stereocenters. The van der Waals surface area contributed by atoms with E-state index in [1.54, 1.807) is 0 Å². The van der Waals surface area contributed by atoms with Crippen LogP contribution in [0.15, 0.2) is 0 Å². The first kappa shape index (κ1) is 11.2. The molecule has 1 aliphatic rings. The van der Waals surface area contributed by atoms with E-state index in [2.05, 4.69) is 21.8 Å². The highest BCUT2D eigenvalue weighted by Gasteiger charge is 2.17. The summed E-state index contributed by atoms with van der Waals surface area (Å²) in [5.74, 6) is 2.53. The number of nitrogens with zero attached hydrogens (tertiary/aromatic N) is 3. The molecule has 0 unspecified atom stereocenters. The summed E-state index contributed by atoms with van der Waals surface area (Å²) >= 11 is 0. The van der Waals surface area contributed by atoms with Gasteiger partial charge in [-0.2, -0.15) is 0 Å². The van der Waals surface area contributed by atoms with Crippen LogP contribution in [0, 0.1) is 6.92 Å². The van der Waals surface area contributed by atoms with E-state index in [0.717, 1.165) is 36.7 Å². The SMILES string of the molecule is CCc1nc(N)c(C)c(N2CCCCC2)n1. The molecule has 2 N–H and O–H groups in total. The summed E-state index contributed by atoms with van der Waals surface area (Å²) in [4.78, 5) is 11.2. The highest BCUT2D eigenvalue weighted by Crippen LogP contribution is 2.24. The standard InChI is InChI=1S/C12H20N4/c1-3-10-14-11(13)9(2)12(15-10)16-7-5-4-6-8-16/h3-8H2,1-2H3,(H2,13,14,15). The quantitative estimate of drug-likeness (QED) is 0.827. The first-order valence-corrected chi connectivity index (χ1v) is 6.10. The number of nitrogens with two attached hydrogens (primary N) is 1. The highest BCUT2D eigenvalue weighted by molar-refractivity contribution is 5.56. The Bertz CT molecular complexity index is 370. The molecule has 4 nitrogen and oxygen atoms in total. The van der Waals surface area contributed by atoms with Crippen LogP contribution in [-0.4, -0.2) is 23.1 Å². The van der Waals surface area contributed by atoms with Crippen molar-refractivity contribution >= 4 is 11.6 Å². The monoisotopic (exact) mass is 220 g/mol. The van der Waals surface area contributed by atoms with Crippen LogP contribution in [0.5, 0.6) is 0 Å². The first-order valence-electron chi connectivity index (χ1n) is 6.10. The molecule has 1 aromatic heterocycles. The Hall–Kier alpha value is -1.32. The van der Waals surface area contributed by atoms with Crippen molar-refractivity contribution in [2.75, 3.05) is 23.7 Å². The molecule has 1 saturated heterocycles. The van der Waals surface area contributed by atoms with Gasteiger partial charge in [0.15, 0.2) is 0 Å². The number of hydrogen-bond donors (Lipinski definition) is 1. The average Bonchev–Trinajstić information content (AvgIpc) is 2.33. The molecule has 1 fully saturated rings. The van der Waals surface area contributed by atoms with Crippen molar-refractivity contribution in [2.24, 2.45) is 0 Å². The van der Waals surface area contributed by atoms with Gasteiger partial charge in [0.1, 0.15) is 17.5 Å². The molecule has 0 radical (unpaired) electrons. The van der Waals surface area contributed by atoms with E-state index in [4.69, 9.17) is 5.73 Å². The molecule has 88 valence electrons. The van der Waals surface area contributed by atoms with Crippen molar-refractivity contribution in [1.82, 2.24) is 9.97 Å². The minimum atomic E-state index is 0.632. The van der Waals surface area contributed by atoms with E-state index in [1.165, 1.54) is 19.3 Å². The zero-order valence-corrected chi connectivity index (χ0v) is 10.2. The molecule has 0 bridgehead atoms. The number of anilines is 2. The second-order valence-corrected chi connectivity index (χ2v) is 4.37. The fourth-order valence-corrected chi connectivity index (χ4v) is 2.14. The zero-order chi connectivity index (χ0) is 11.5. The molecule has 0 amide bonds. The van der Waals surface area contributed by atoms with Gasteiger partial charge in [-0.25, -0.2) is 9.97 Å². The van der Waals surface area contributed by atoms with Crippen LogP contribution in [0.2, 0.25) is 0 Å². The van der Waals surface area contributed by atoms with Crippen LogP contribution in [0.3, 0.4) is 0 Å². The van der Waals surface area contributed by atoms with Crippen LogP contribution >= 0.6 is 0 Å². The summed E-state index contributed by atoms with van der Waals surface area (Å²) in [6.07, 6.45) is 4.68. The maximum atomic E-state index is 5.93.